The summed E-state index contributed by atoms with van der Waals surface area (Å²) in [5.74, 6) is 0.519. The Hall–Kier alpha value is -0.170. The molecule has 1 aliphatic heterocycles. The average molecular weight is 264 g/mol. The van der Waals surface area contributed by atoms with Gasteiger partial charge in [0.25, 0.3) is 0 Å². The van der Waals surface area contributed by atoms with E-state index >= 15 is 0 Å². The first-order chi connectivity index (χ1) is 7.90. The summed E-state index contributed by atoms with van der Waals surface area (Å²) in [5.41, 5.74) is 0. The van der Waals surface area contributed by atoms with Crippen molar-refractivity contribution in [2.24, 2.45) is 11.8 Å². The fraction of sp³-hybridized carbons (Fsp3) is 1.00. The molecule has 0 saturated carbocycles. The van der Waals surface area contributed by atoms with E-state index < -0.39 is 10.0 Å². The summed E-state index contributed by atoms with van der Waals surface area (Å²) in [5, 5.41) is 9.32. The Morgan fingerprint density at radius 1 is 1.29 bits per heavy atom. The molecule has 1 aliphatic rings. The molecule has 0 aromatic rings. The van der Waals surface area contributed by atoms with Gasteiger partial charge in [0, 0.05) is 32.2 Å². The van der Waals surface area contributed by atoms with Gasteiger partial charge in [0.2, 0.25) is 10.0 Å². The Bertz CT molecular complexity index is 330. The van der Waals surface area contributed by atoms with Gasteiger partial charge in [-0.15, -0.1) is 0 Å². The molecule has 0 amide bonds. The van der Waals surface area contributed by atoms with E-state index in [9.17, 15) is 13.5 Å². The fourth-order valence-electron chi connectivity index (χ4n) is 2.39. The summed E-state index contributed by atoms with van der Waals surface area (Å²) in [7, 11) is 0.822. The highest BCUT2D eigenvalue weighted by molar-refractivity contribution is 7.89. The zero-order valence-electron chi connectivity index (χ0n) is 11.0. The molecule has 17 heavy (non-hydrogen) atoms. The second-order valence-electron chi connectivity index (χ2n) is 5.10. The molecule has 0 radical (unpaired) electrons. The first kappa shape index (κ1) is 14.9. The van der Waals surface area contributed by atoms with Gasteiger partial charge in [-0.1, -0.05) is 6.92 Å². The van der Waals surface area contributed by atoms with Gasteiger partial charge in [-0.2, -0.15) is 0 Å². The van der Waals surface area contributed by atoms with Gasteiger partial charge in [0.1, 0.15) is 0 Å². The Labute approximate surface area is 104 Å². The molecule has 0 bridgehead atoms. The van der Waals surface area contributed by atoms with E-state index in [1.54, 1.807) is 4.31 Å². The van der Waals surface area contributed by atoms with Crippen molar-refractivity contribution in [3.05, 3.63) is 0 Å². The van der Waals surface area contributed by atoms with Gasteiger partial charge in [-0.05, 0) is 26.4 Å². The van der Waals surface area contributed by atoms with Crippen molar-refractivity contribution in [2.45, 2.75) is 13.3 Å². The lowest BCUT2D eigenvalue weighted by molar-refractivity contribution is 0.185. The van der Waals surface area contributed by atoms with Crippen LogP contribution in [-0.2, 0) is 10.0 Å². The molecule has 0 spiro atoms. The predicted molar refractivity (Wildman–Crippen MR) is 68.3 cm³/mol. The van der Waals surface area contributed by atoms with E-state index in [0.29, 0.717) is 19.5 Å². The van der Waals surface area contributed by atoms with Crippen molar-refractivity contribution < 1.29 is 13.5 Å². The van der Waals surface area contributed by atoms with Crippen LogP contribution in [0, 0.1) is 11.8 Å². The molecule has 0 aromatic carbocycles. The van der Waals surface area contributed by atoms with E-state index in [2.05, 4.69) is 0 Å². The molecule has 1 fully saturated rings. The van der Waals surface area contributed by atoms with Crippen molar-refractivity contribution >= 4 is 10.0 Å². The number of hydrogen-bond donors (Lipinski definition) is 1. The second-order valence-corrected chi connectivity index (χ2v) is 7.19. The third-order valence-corrected chi connectivity index (χ3v) is 5.24. The van der Waals surface area contributed by atoms with Crippen molar-refractivity contribution in [1.82, 2.24) is 9.21 Å². The van der Waals surface area contributed by atoms with Crippen molar-refractivity contribution in [3.63, 3.8) is 0 Å². The van der Waals surface area contributed by atoms with Crippen LogP contribution in [0.1, 0.15) is 13.3 Å². The maximum absolute atomic E-state index is 12.0. The van der Waals surface area contributed by atoms with Gasteiger partial charge < -0.3 is 10.0 Å². The first-order valence-electron chi connectivity index (χ1n) is 6.14. The van der Waals surface area contributed by atoms with E-state index in [1.165, 1.54) is 0 Å². The third-order valence-electron chi connectivity index (χ3n) is 3.23. The summed E-state index contributed by atoms with van der Waals surface area (Å²) >= 11 is 0. The lowest BCUT2D eigenvalue weighted by atomic mass is 9.97. The molecule has 5 nitrogen and oxygen atoms in total. The molecule has 0 unspecified atom stereocenters. The van der Waals surface area contributed by atoms with Crippen LogP contribution in [0.3, 0.4) is 0 Å². The fourth-order valence-corrected chi connectivity index (χ4v) is 4.00. The molecule has 1 N–H and O–H groups in total. The summed E-state index contributed by atoms with van der Waals surface area (Å²) in [6.45, 7) is 3.78. The molecular formula is C11H24N2O3S. The van der Waals surface area contributed by atoms with Gasteiger partial charge in [-0.3, -0.25) is 0 Å². The SMILES string of the molecule is CCCS(=O)(=O)N1C[C@@H](CN(C)C)[C@@H](CO)C1. The zero-order valence-corrected chi connectivity index (χ0v) is 11.8. The summed E-state index contributed by atoms with van der Waals surface area (Å²) in [4.78, 5) is 2.04. The Morgan fingerprint density at radius 3 is 2.35 bits per heavy atom. The molecule has 1 heterocycles. The van der Waals surface area contributed by atoms with Crippen LogP contribution in [0.15, 0.2) is 0 Å². The van der Waals surface area contributed by atoms with Crippen LogP contribution in [0.4, 0.5) is 0 Å². The Kier molecular flexibility index (Phi) is 5.37. The lowest BCUT2D eigenvalue weighted by Crippen LogP contribution is -2.32. The molecular weight excluding hydrogens is 240 g/mol. The van der Waals surface area contributed by atoms with Crippen LogP contribution in [-0.4, -0.2) is 68.8 Å². The van der Waals surface area contributed by atoms with Crippen LogP contribution >= 0.6 is 0 Å². The normalized spacial score (nSPS) is 26.9. The minimum atomic E-state index is -3.12. The molecule has 6 heteroatoms. The molecule has 102 valence electrons. The van der Waals surface area contributed by atoms with Gasteiger partial charge in [-0.25, -0.2) is 12.7 Å². The minimum absolute atomic E-state index is 0.0661. The minimum Gasteiger partial charge on any atom is -0.396 e. The summed E-state index contributed by atoms with van der Waals surface area (Å²) in [6, 6.07) is 0. The summed E-state index contributed by atoms with van der Waals surface area (Å²) in [6.07, 6.45) is 0.640. The first-order valence-corrected chi connectivity index (χ1v) is 7.75. The van der Waals surface area contributed by atoms with E-state index in [-0.39, 0.29) is 24.2 Å². The zero-order chi connectivity index (χ0) is 13.1. The molecule has 1 rings (SSSR count). The maximum Gasteiger partial charge on any atom is 0.214 e. The smallest absolute Gasteiger partial charge is 0.214 e. The van der Waals surface area contributed by atoms with Crippen LogP contribution in [0.5, 0.6) is 0 Å². The number of aliphatic hydroxyl groups is 1. The number of hydrogen-bond acceptors (Lipinski definition) is 4. The highest BCUT2D eigenvalue weighted by Crippen LogP contribution is 2.26. The van der Waals surface area contributed by atoms with E-state index in [0.717, 1.165) is 6.54 Å². The second kappa shape index (κ2) is 6.13. The number of sulfonamides is 1. The van der Waals surface area contributed by atoms with Crippen molar-refractivity contribution in [3.8, 4) is 0 Å². The molecule has 0 aromatic heterocycles. The standard InChI is InChI=1S/C11H24N2O3S/c1-4-5-17(15,16)13-7-10(6-12(2)3)11(8-13)9-14/h10-11,14H,4-9H2,1-3H3/t10-,11-/m1/s1. The monoisotopic (exact) mass is 264 g/mol. The molecule has 0 aliphatic carbocycles. The summed E-state index contributed by atoms with van der Waals surface area (Å²) < 4.78 is 25.5. The van der Waals surface area contributed by atoms with Gasteiger partial charge >= 0.3 is 0 Å². The predicted octanol–water partition coefficient (Wildman–Crippen LogP) is -0.172. The highest BCUT2D eigenvalue weighted by atomic mass is 32.2. The number of aliphatic hydroxyl groups excluding tert-OH is 1. The lowest BCUT2D eigenvalue weighted by Gasteiger charge is -2.20. The highest BCUT2D eigenvalue weighted by Gasteiger charge is 2.37. The van der Waals surface area contributed by atoms with Crippen molar-refractivity contribution in [1.29, 1.82) is 0 Å². The average Bonchev–Trinajstić information content (AvgIpc) is 2.60. The van der Waals surface area contributed by atoms with Crippen LogP contribution in [0.25, 0.3) is 0 Å². The number of nitrogens with zero attached hydrogens (tertiary/aromatic N) is 2. The quantitative estimate of drug-likeness (QED) is 0.723. The maximum atomic E-state index is 12.0. The number of rotatable bonds is 6. The molecule has 2 atom stereocenters. The Balaban J connectivity index is 2.69. The Morgan fingerprint density at radius 2 is 1.88 bits per heavy atom. The van der Waals surface area contributed by atoms with Crippen LogP contribution in [0.2, 0.25) is 0 Å². The van der Waals surface area contributed by atoms with Crippen molar-refractivity contribution in [2.75, 3.05) is 46.1 Å². The van der Waals surface area contributed by atoms with Gasteiger partial charge in [0.05, 0.1) is 5.75 Å². The van der Waals surface area contributed by atoms with E-state index in [1.807, 2.05) is 25.9 Å². The van der Waals surface area contributed by atoms with Gasteiger partial charge in [0.15, 0.2) is 0 Å². The molecule has 1 saturated heterocycles. The largest absolute Gasteiger partial charge is 0.396 e. The third kappa shape index (κ3) is 3.91. The van der Waals surface area contributed by atoms with E-state index in [4.69, 9.17) is 0 Å². The van der Waals surface area contributed by atoms with Crippen LogP contribution < -0.4 is 0 Å². The topological polar surface area (TPSA) is 60.9 Å².